The summed E-state index contributed by atoms with van der Waals surface area (Å²) < 4.78 is 0. The zero-order chi connectivity index (χ0) is 16.8. The van der Waals surface area contributed by atoms with Crippen LogP contribution in [0.2, 0.25) is 0 Å². The molecule has 0 atom stereocenters. The van der Waals surface area contributed by atoms with Gasteiger partial charge in [0.15, 0.2) is 0 Å². The first-order valence-electron chi connectivity index (χ1n) is 7.86. The Morgan fingerprint density at radius 3 is 1.42 bits per heavy atom. The molecule has 6 heteroatoms. The van der Waals surface area contributed by atoms with Gasteiger partial charge in [-0.15, -0.1) is 0 Å². The monoisotopic (exact) mass is 324 g/mol. The molecule has 1 fully saturated rings. The Hall–Kier alpha value is -3.02. The zero-order valence-corrected chi connectivity index (χ0v) is 13.3. The molecular formula is C18H20N4O2. The van der Waals surface area contributed by atoms with Crippen molar-refractivity contribution in [2.75, 3.05) is 26.2 Å². The number of phenols is 2. The van der Waals surface area contributed by atoms with E-state index in [9.17, 15) is 10.2 Å². The topological polar surface area (TPSA) is 71.7 Å². The highest BCUT2D eigenvalue weighted by molar-refractivity contribution is 5.83. The molecule has 0 radical (unpaired) electrons. The van der Waals surface area contributed by atoms with Gasteiger partial charge in [-0.2, -0.15) is 10.2 Å². The predicted molar refractivity (Wildman–Crippen MR) is 94.5 cm³/mol. The SMILES string of the molecule is Oc1ccccc1C=NN1CCN(N=Cc2ccccc2O)CC1. The lowest BCUT2D eigenvalue weighted by atomic mass is 10.2. The third-order valence-corrected chi connectivity index (χ3v) is 3.83. The smallest absolute Gasteiger partial charge is 0.124 e. The van der Waals surface area contributed by atoms with Crippen LogP contribution in [0.1, 0.15) is 11.1 Å². The molecule has 0 aromatic heterocycles. The van der Waals surface area contributed by atoms with Crippen molar-refractivity contribution in [2.45, 2.75) is 0 Å². The maximum absolute atomic E-state index is 9.73. The van der Waals surface area contributed by atoms with Crippen LogP contribution in [0.5, 0.6) is 11.5 Å². The molecule has 1 saturated heterocycles. The highest BCUT2D eigenvalue weighted by atomic mass is 16.3. The number of hydrogen-bond donors (Lipinski definition) is 2. The Bertz CT molecular complexity index is 674. The molecule has 0 aliphatic carbocycles. The molecule has 1 aliphatic heterocycles. The lowest BCUT2D eigenvalue weighted by Gasteiger charge is -2.31. The molecule has 1 aliphatic rings. The van der Waals surface area contributed by atoms with Crippen LogP contribution in [-0.2, 0) is 0 Å². The van der Waals surface area contributed by atoms with Gasteiger partial charge in [0.1, 0.15) is 11.5 Å². The fraction of sp³-hybridized carbons (Fsp3) is 0.222. The molecular weight excluding hydrogens is 304 g/mol. The lowest BCUT2D eigenvalue weighted by Crippen LogP contribution is -2.41. The average Bonchev–Trinajstić information content (AvgIpc) is 2.61. The summed E-state index contributed by atoms with van der Waals surface area (Å²) in [4.78, 5) is 0. The Kier molecular flexibility index (Phi) is 4.96. The van der Waals surface area contributed by atoms with Crippen molar-refractivity contribution < 1.29 is 10.2 Å². The third-order valence-electron chi connectivity index (χ3n) is 3.83. The molecule has 0 amide bonds. The van der Waals surface area contributed by atoms with Gasteiger partial charge in [-0.1, -0.05) is 24.3 Å². The van der Waals surface area contributed by atoms with Crippen molar-refractivity contribution in [1.82, 2.24) is 10.0 Å². The first kappa shape index (κ1) is 15.9. The number of piperazine rings is 1. The molecule has 2 aromatic carbocycles. The van der Waals surface area contributed by atoms with Crippen molar-refractivity contribution in [3.8, 4) is 11.5 Å². The summed E-state index contributed by atoms with van der Waals surface area (Å²) in [6.07, 6.45) is 3.35. The van der Waals surface area contributed by atoms with E-state index in [1.807, 2.05) is 34.3 Å². The largest absolute Gasteiger partial charge is 0.507 e. The lowest BCUT2D eigenvalue weighted by molar-refractivity contribution is 0.141. The molecule has 1 heterocycles. The molecule has 0 unspecified atom stereocenters. The van der Waals surface area contributed by atoms with Crippen LogP contribution in [0.15, 0.2) is 58.7 Å². The maximum atomic E-state index is 9.73. The van der Waals surface area contributed by atoms with Crippen LogP contribution in [0.3, 0.4) is 0 Å². The zero-order valence-electron chi connectivity index (χ0n) is 13.3. The van der Waals surface area contributed by atoms with Crippen molar-refractivity contribution >= 4 is 12.4 Å². The van der Waals surface area contributed by atoms with Crippen LogP contribution >= 0.6 is 0 Å². The second-order valence-corrected chi connectivity index (χ2v) is 5.51. The van der Waals surface area contributed by atoms with Gasteiger partial charge in [-0.3, -0.25) is 10.0 Å². The second-order valence-electron chi connectivity index (χ2n) is 5.51. The predicted octanol–water partition coefficient (Wildman–Crippen LogP) is 2.08. The minimum absolute atomic E-state index is 0.229. The van der Waals surface area contributed by atoms with Gasteiger partial charge in [-0.25, -0.2) is 0 Å². The van der Waals surface area contributed by atoms with Gasteiger partial charge in [0.2, 0.25) is 0 Å². The van der Waals surface area contributed by atoms with Crippen molar-refractivity contribution in [1.29, 1.82) is 0 Å². The summed E-state index contributed by atoms with van der Waals surface area (Å²) in [5.41, 5.74) is 1.41. The van der Waals surface area contributed by atoms with Crippen LogP contribution in [0, 0.1) is 0 Å². The van der Waals surface area contributed by atoms with E-state index in [0.717, 1.165) is 26.2 Å². The molecule has 24 heavy (non-hydrogen) atoms. The molecule has 0 saturated carbocycles. The van der Waals surface area contributed by atoms with E-state index in [1.165, 1.54) is 0 Å². The van der Waals surface area contributed by atoms with Crippen molar-refractivity contribution in [3.05, 3.63) is 59.7 Å². The molecule has 2 N–H and O–H groups in total. The number of hydrogen-bond acceptors (Lipinski definition) is 6. The van der Waals surface area contributed by atoms with E-state index >= 15 is 0 Å². The van der Waals surface area contributed by atoms with Gasteiger partial charge in [0, 0.05) is 11.1 Å². The molecule has 0 spiro atoms. The number of nitrogens with zero attached hydrogens (tertiary/aromatic N) is 4. The Balaban J connectivity index is 1.53. The number of rotatable bonds is 4. The number of benzene rings is 2. The summed E-state index contributed by atoms with van der Waals surface area (Å²) in [5.74, 6) is 0.458. The summed E-state index contributed by atoms with van der Waals surface area (Å²) in [5, 5.41) is 32.2. The summed E-state index contributed by atoms with van der Waals surface area (Å²) >= 11 is 0. The van der Waals surface area contributed by atoms with Crippen LogP contribution < -0.4 is 0 Å². The van der Waals surface area contributed by atoms with Gasteiger partial charge >= 0.3 is 0 Å². The first-order valence-corrected chi connectivity index (χ1v) is 7.86. The molecule has 6 nitrogen and oxygen atoms in total. The van der Waals surface area contributed by atoms with Gasteiger partial charge in [0.05, 0.1) is 38.6 Å². The number of para-hydroxylation sites is 2. The Morgan fingerprint density at radius 1 is 0.667 bits per heavy atom. The molecule has 2 aromatic rings. The fourth-order valence-corrected chi connectivity index (χ4v) is 2.40. The van der Waals surface area contributed by atoms with E-state index in [1.54, 1.807) is 36.7 Å². The minimum Gasteiger partial charge on any atom is -0.507 e. The van der Waals surface area contributed by atoms with E-state index in [2.05, 4.69) is 10.2 Å². The van der Waals surface area contributed by atoms with Gasteiger partial charge < -0.3 is 10.2 Å². The number of hydrazone groups is 2. The van der Waals surface area contributed by atoms with Gasteiger partial charge in [-0.05, 0) is 24.3 Å². The van der Waals surface area contributed by atoms with Crippen molar-refractivity contribution in [2.24, 2.45) is 10.2 Å². The standard InChI is InChI=1S/C18H20N4O2/c23-17-7-3-1-5-15(17)13-19-21-9-11-22(12-10-21)20-14-16-6-2-4-8-18(16)24/h1-8,13-14,23-24H,9-12H2. The Morgan fingerprint density at radius 2 is 1.04 bits per heavy atom. The maximum Gasteiger partial charge on any atom is 0.124 e. The first-order chi connectivity index (χ1) is 11.7. The molecule has 124 valence electrons. The van der Waals surface area contributed by atoms with E-state index < -0.39 is 0 Å². The fourth-order valence-electron chi connectivity index (χ4n) is 2.40. The number of aromatic hydroxyl groups is 2. The van der Waals surface area contributed by atoms with Crippen LogP contribution in [-0.4, -0.2) is 58.8 Å². The molecule has 3 rings (SSSR count). The highest BCUT2D eigenvalue weighted by Gasteiger charge is 2.13. The average molecular weight is 324 g/mol. The third kappa shape index (κ3) is 4.04. The van der Waals surface area contributed by atoms with Crippen LogP contribution in [0.25, 0.3) is 0 Å². The molecule has 0 bridgehead atoms. The van der Waals surface area contributed by atoms with E-state index in [4.69, 9.17) is 0 Å². The minimum atomic E-state index is 0.229. The summed E-state index contributed by atoms with van der Waals surface area (Å²) in [6, 6.07) is 14.2. The van der Waals surface area contributed by atoms with E-state index in [0.29, 0.717) is 11.1 Å². The highest BCUT2D eigenvalue weighted by Crippen LogP contribution is 2.14. The normalized spacial score (nSPS) is 15.5. The Labute approximate surface area is 141 Å². The summed E-state index contributed by atoms with van der Waals surface area (Å²) in [7, 11) is 0. The second kappa shape index (κ2) is 7.50. The van der Waals surface area contributed by atoms with Gasteiger partial charge in [0.25, 0.3) is 0 Å². The van der Waals surface area contributed by atoms with Crippen molar-refractivity contribution in [3.63, 3.8) is 0 Å². The number of phenolic OH excluding ortho intramolecular Hbond substituents is 2. The van der Waals surface area contributed by atoms with E-state index in [-0.39, 0.29) is 11.5 Å². The van der Waals surface area contributed by atoms with Crippen LogP contribution in [0.4, 0.5) is 0 Å². The quantitative estimate of drug-likeness (QED) is 0.845. The summed E-state index contributed by atoms with van der Waals surface area (Å²) in [6.45, 7) is 3.01.